The zero-order valence-electron chi connectivity index (χ0n) is 13.9. The van der Waals surface area contributed by atoms with E-state index in [0.717, 1.165) is 18.8 Å². The Kier molecular flexibility index (Phi) is 5.23. The molecule has 1 aliphatic rings. The van der Waals surface area contributed by atoms with Gasteiger partial charge in [-0.1, -0.05) is 18.2 Å². The molecular formula is C18H19N3O3S. The van der Waals surface area contributed by atoms with Crippen LogP contribution in [-0.4, -0.2) is 48.2 Å². The number of carbonyl (C=O) groups excluding carboxylic acids is 1. The molecule has 2 aromatic carbocycles. The molecule has 1 saturated heterocycles. The van der Waals surface area contributed by atoms with Gasteiger partial charge < -0.3 is 9.80 Å². The second-order valence-corrected chi connectivity index (χ2v) is 6.61. The van der Waals surface area contributed by atoms with E-state index in [9.17, 15) is 14.9 Å². The highest BCUT2D eigenvalue weighted by Gasteiger charge is 2.24. The van der Waals surface area contributed by atoms with Crippen LogP contribution in [0.5, 0.6) is 0 Å². The van der Waals surface area contributed by atoms with Crippen LogP contribution in [0.1, 0.15) is 10.4 Å². The van der Waals surface area contributed by atoms with E-state index in [-0.39, 0.29) is 11.6 Å². The van der Waals surface area contributed by atoms with Gasteiger partial charge in [-0.25, -0.2) is 0 Å². The van der Waals surface area contributed by atoms with Crippen molar-refractivity contribution >= 4 is 29.0 Å². The fourth-order valence-electron chi connectivity index (χ4n) is 2.95. The van der Waals surface area contributed by atoms with Crippen molar-refractivity contribution in [2.24, 2.45) is 0 Å². The van der Waals surface area contributed by atoms with Gasteiger partial charge >= 0.3 is 0 Å². The summed E-state index contributed by atoms with van der Waals surface area (Å²) in [5.74, 6) is -0.150. The van der Waals surface area contributed by atoms with Gasteiger partial charge in [0.25, 0.3) is 11.6 Å². The fraction of sp³-hybridized carbons (Fsp3) is 0.278. The van der Waals surface area contributed by atoms with Crippen molar-refractivity contribution in [3.05, 3.63) is 64.2 Å². The van der Waals surface area contributed by atoms with Crippen LogP contribution < -0.4 is 4.90 Å². The predicted molar refractivity (Wildman–Crippen MR) is 99.4 cm³/mol. The van der Waals surface area contributed by atoms with Gasteiger partial charge in [-0.2, -0.15) is 0 Å². The van der Waals surface area contributed by atoms with Crippen LogP contribution >= 0.6 is 11.8 Å². The molecule has 0 atom stereocenters. The molecule has 1 amide bonds. The number of benzene rings is 2. The van der Waals surface area contributed by atoms with Crippen molar-refractivity contribution < 1.29 is 9.72 Å². The van der Waals surface area contributed by atoms with Crippen LogP contribution in [0.15, 0.2) is 53.4 Å². The molecule has 0 unspecified atom stereocenters. The van der Waals surface area contributed by atoms with Crippen LogP contribution in [0.3, 0.4) is 0 Å². The van der Waals surface area contributed by atoms with E-state index >= 15 is 0 Å². The Morgan fingerprint density at radius 3 is 2.36 bits per heavy atom. The predicted octanol–water partition coefficient (Wildman–Crippen LogP) is 3.28. The van der Waals surface area contributed by atoms with Gasteiger partial charge in [-0.3, -0.25) is 14.9 Å². The van der Waals surface area contributed by atoms with Crippen LogP contribution in [0.2, 0.25) is 0 Å². The molecule has 1 heterocycles. The maximum absolute atomic E-state index is 12.7. The number of carbonyl (C=O) groups is 1. The fourth-order valence-corrected chi connectivity index (χ4v) is 3.50. The normalized spacial score (nSPS) is 14.4. The number of nitro benzene ring substituents is 1. The molecule has 3 rings (SSSR count). The lowest BCUT2D eigenvalue weighted by Crippen LogP contribution is -2.48. The lowest BCUT2D eigenvalue weighted by Gasteiger charge is -2.36. The number of piperazine rings is 1. The first-order chi connectivity index (χ1) is 12.1. The Balaban J connectivity index is 1.70. The lowest BCUT2D eigenvalue weighted by molar-refractivity contribution is -0.387. The van der Waals surface area contributed by atoms with Crippen LogP contribution in [0.25, 0.3) is 0 Å². The molecule has 0 N–H and O–H groups in total. The molecule has 0 radical (unpaired) electrons. The molecule has 0 saturated carbocycles. The Morgan fingerprint density at radius 2 is 1.76 bits per heavy atom. The summed E-state index contributed by atoms with van der Waals surface area (Å²) < 4.78 is 0. The number of amides is 1. The number of nitrogens with zero attached hydrogens (tertiary/aromatic N) is 3. The minimum Gasteiger partial charge on any atom is -0.368 e. The quantitative estimate of drug-likeness (QED) is 0.477. The molecule has 25 heavy (non-hydrogen) atoms. The highest BCUT2D eigenvalue weighted by molar-refractivity contribution is 7.98. The van der Waals surface area contributed by atoms with E-state index < -0.39 is 4.92 Å². The SMILES string of the molecule is CSc1ccc(C(=O)N2CCN(c3ccccc3)CC2)cc1[N+](=O)[O-]. The van der Waals surface area contributed by atoms with Gasteiger partial charge in [0.05, 0.1) is 9.82 Å². The minimum atomic E-state index is -0.435. The smallest absolute Gasteiger partial charge is 0.283 e. The number of para-hydroxylation sites is 1. The summed E-state index contributed by atoms with van der Waals surface area (Å²) in [5.41, 5.74) is 1.51. The molecule has 7 heteroatoms. The maximum atomic E-state index is 12.7. The second-order valence-electron chi connectivity index (χ2n) is 5.76. The summed E-state index contributed by atoms with van der Waals surface area (Å²) in [6.45, 7) is 2.71. The van der Waals surface area contributed by atoms with Gasteiger partial charge in [-0.15, -0.1) is 11.8 Å². The third-order valence-electron chi connectivity index (χ3n) is 4.31. The van der Waals surface area contributed by atoms with Crippen molar-refractivity contribution in [3.63, 3.8) is 0 Å². The Hall–Kier alpha value is -2.54. The van der Waals surface area contributed by atoms with Crippen LogP contribution in [0.4, 0.5) is 11.4 Å². The largest absolute Gasteiger partial charge is 0.368 e. The number of anilines is 1. The topological polar surface area (TPSA) is 66.7 Å². The molecule has 1 aliphatic heterocycles. The van der Waals surface area contributed by atoms with E-state index in [2.05, 4.69) is 17.0 Å². The standard InChI is InChI=1S/C18H19N3O3S/c1-25-17-8-7-14(13-16(17)21(23)24)18(22)20-11-9-19(10-12-20)15-5-3-2-4-6-15/h2-8,13H,9-12H2,1H3. The number of hydrogen-bond donors (Lipinski definition) is 0. The summed E-state index contributed by atoms with van der Waals surface area (Å²) in [7, 11) is 0. The van der Waals surface area contributed by atoms with E-state index in [1.807, 2.05) is 18.2 Å². The highest BCUT2D eigenvalue weighted by Crippen LogP contribution is 2.29. The molecule has 6 nitrogen and oxygen atoms in total. The van der Waals surface area contributed by atoms with E-state index in [1.54, 1.807) is 23.3 Å². The Labute approximate surface area is 150 Å². The van der Waals surface area contributed by atoms with Crippen molar-refractivity contribution in [1.29, 1.82) is 0 Å². The van der Waals surface area contributed by atoms with Gasteiger partial charge in [-0.05, 0) is 30.5 Å². The van der Waals surface area contributed by atoms with E-state index in [4.69, 9.17) is 0 Å². The van der Waals surface area contributed by atoms with E-state index in [1.165, 1.54) is 17.8 Å². The van der Waals surface area contributed by atoms with Gasteiger partial charge in [0.2, 0.25) is 0 Å². The monoisotopic (exact) mass is 357 g/mol. The van der Waals surface area contributed by atoms with Gasteiger partial charge in [0.1, 0.15) is 0 Å². The molecule has 2 aromatic rings. The number of thioether (sulfide) groups is 1. The number of nitro groups is 1. The van der Waals surface area contributed by atoms with Gasteiger partial charge in [0.15, 0.2) is 0 Å². The molecule has 0 aliphatic carbocycles. The molecule has 0 bridgehead atoms. The van der Waals surface area contributed by atoms with Crippen molar-refractivity contribution in [1.82, 2.24) is 4.90 Å². The summed E-state index contributed by atoms with van der Waals surface area (Å²) >= 11 is 1.30. The minimum absolute atomic E-state index is 0.0127. The third kappa shape index (κ3) is 3.76. The summed E-state index contributed by atoms with van der Waals surface area (Å²) in [6.07, 6.45) is 1.78. The summed E-state index contributed by atoms with van der Waals surface area (Å²) in [6, 6.07) is 14.8. The Bertz CT molecular complexity index is 774. The lowest BCUT2D eigenvalue weighted by atomic mass is 10.1. The van der Waals surface area contributed by atoms with Gasteiger partial charge in [0, 0.05) is 43.5 Å². The van der Waals surface area contributed by atoms with Crippen LogP contribution in [0, 0.1) is 10.1 Å². The number of hydrogen-bond acceptors (Lipinski definition) is 5. The maximum Gasteiger partial charge on any atom is 0.283 e. The molecule has 0 aromatic heterocycles. The first-order valence-electron chi connectivity index (χ1n) is 8.02. The average Bonchev–Trinajstić information content (AvgIpc) is 2.67. The average molecular weight is 357 g/mol. The molecule has 1 fully saturated rings. The molecular weight excluding hydrogens is 338 g/mol. The van der Waals surface area contributed by atoms with Crippen molar-refractivity contribution in [2.45, 2.75) is 4.90 Å². The summed E-state index contributed by atoms with van der Waals surface area (Å²) in [4.78, 5) is 28.0. The van der Waals surface area contributed by atoms with E-state index in [0.29, 0.717) is 23.5 Å². The zero-order valence-corrected chi connectivity index (χ0v) is 14.7. The number of rotatable bonds is 4. The first-order valence-corrected chi connectivity index (χ1v) is 9.24. The molecule has 0 spiro atoms. The second kappa shape index (κ2) is 7.57. The van der Waals surface area contributed by atoms with Crippen LogP contribution in [-0.2, 0) is 0 Å². The first kappa shape index (κ1) is 17.3. The van der Waals surface area contributed by atoms with Crippen molar-refractivity contribution in [3.8, 4) is 0 Å². The summed E-state index contributed by atoms with van der Waals surface area (Å²) in [5, 5.41) is 11.2. The zero-order chi connectivity index (χ0) is 17.8. The Morgan fingerprint density at radius 1 is 1.08 bits per heavy atom. The highest BCUT2D eigenvalue weighted by atomic mass is 32.2. The molecule has 130 valence electrons. The van der Waals surface area contributed by atoms with Crippen molar-refractivity contribution in [2.75, 3.05) is 37.3 Å². The third-order valence-corrected chi connectivity index (χ3v) is 5.10.